The second kappa shape index (κ2) is 8.29. The molecular weight excluding hydrogens is 384 g/mol. The number of carbonyl (C=O) groups is 1. The van der Waals surface area contributed by atoms with Gasteiger partial charge in [-0.25, -0.2) is 9.67 Å². The van der Waals surface area contributed by atoms with Crippen LogP contribution in [0, 0.1) is 0 Å². The predicted octanol–water partition coefficient (Wildman–Crippen LogP) is 4.86. The van der Waals surface area contributed by atoms with Gasteiger partial charge in [0.25, 0.3) is 5.91 Å². The van der Waals surface area contributed by atoms with Crippen LogP contribution in [0.25, 0.3) is 17.1 Å². The van der Waals surface area contributed by atoms with E-state index in [0.717, 1.165) is 16.8 Å². The number of amides is 1. The fourth-order valence-corrected chi connectivity index (χ4v) is 3.16. The molecule has 0 aliphatic rings. The number of carbonyl (C=O) groups excluding carboxylic acids is 1. The minimum absolute atomic E-state index is 0.157. The Labute approximate surface area is 174 Å². The largest absolute Gasteiger partial charge is 0.335 e. The fraction of sp³-hybridized carbons (Fsp3) is 0.0870. The van der Waals surface area contributed by atoms with Gasteiger partial charge in [-0.3, -0.25) is 4.79 Å². The van der Waals surface area contributed by atoms with Crippen LogP contribution < -0.4 is 0 Å². The predicted molar refractivity (Wildman–Crippen MR) is 114 cm³/mol. The van der Waals surface area contributed by atoms with Crippen LogP contribution in [-0.4, -0.2) is 32.6 Å². The number of benzene rings is 3. The molecule has 0 bridgehead atoms. The Morgan fingerprint density at radius 3 is 2.21 bits per heavy atom. The number of para-hydroxylation sites is 1. The molecule has 0 spiro atoms. The third kappa shape index (κ3) is 4.20. The van der Waals surface area contributed by atoms with Crippen LogP contribution in [0.2, 0.25) is 5.02 Å². The van der Waals surface area contributed by atoms with Gasteiger partial charge in [-0.2, -0.15) is 0 Å². The van der Waals surface area contributed by atoms with E-state index in [4.69, 9.17) is 11.6 Å². The quantitative estimate of drug-likeness (QED) is 0.479. The second-order valence-corrected chi connectivity index (χ2v) is 7.10. The van der Waals surface area contributed by atoms with Gasteiger partial charge in [-0.15, -0.1) is 5.10 Å². The molecule has 0 atom stereocenters. The molecule has 6 heteroatoms. The summed E-state index contributed by atoms with van der Waals surface area (Å²) in [6.45, 7) is 0.441. The molecule has 0 aliphatic carbocycles. The minimum atomic E-state index is -0.244. The maximum atomic E-state index is 13.0. The average molecular weight is 403 g/mol. The van der Waals surface area contributed by atoms with Crippen molar-refractivity contribution in [3.8, 4) is 17.1 Å². The van der Waals surface area contributed by atoms with Crippen LogP contribution >= 0.6 is 11.6 Å². The number of hydrogen-bond donors (Lipinski definition) is 0. The van der Waals surface area contributed by atoms with Gasteiger partial charge in [0.05, 0.1) is 5.69 Å². The Bertz CT molecular complexity index is 1050. The first-order valence-electron chi connectivity index (χ1n) is 9.19. The maximum absolute atomic E-state index is 13.0. The van der Waals surface area contributed by atoms with Gasteiger partial charge >= 0.3 is 0 Å². The third-order valence-electron chi connectivity index (χ3n) is 4.51. The molecule has 3 aromatic carbocycles. The standard InChI is InChI=1S/C23H19ClN4O/c1-27(16-17-12-14-19(24)15-13-17)23(29)21-25-22(18-8-4-2-5-9-18)28(26-21)20-10-6-3-7-11-20/h2-15H,16H2,1H3. The van der Waals surface area contributed by atoms with E-state index in [1.807, 2.05) is 84.9 Å². The second-order valence-electron chi connectivity index (χ2n) is 6.66. The van der Waals surface area contributed by atoms with Crippen LogP contribution in [0.4, 0.5) is 0 Å². The highest BCUT2D eigenvalue weighted by atomic mass is 35.5. The monoisotopic (exact) mass is 402 g/mol. The molecule has 0 aliphatic heterocycles. The number of rotatable bonds is 5. The minimum Gasteiger partial charge on any atom is -0.335 e. The lowest BCUT2D eigenvalue weighted by Crippen LogP contribution is -2.27. The van der Waals surface area contributed by atoms with Crippen LogP contribution in [0.15, 0.2) is 84.9 Å². The number of nitrogens with zero attached hydrogens (tertiary/aromatic N) is 4. The summed E-state index contributed by atoms with van der Waals surface area (Å²) in [5.41, 5.74) is 2.72. The zero-order chi connectivity index (χ0) is 20.2. The van der Waals surface area contributed by atoms with E-state index in [0.29, 0.717) is 17.4 Å². The molecule has 0 saturated carbocycles. The van der Waals surface area contributed by atoms with Crippen molar-refractivity contribution in [1.29, 1.82) is 0 Å². The topological polar surface area (TPSA) is 51.0 Å². The number of hydrogen-bond acceptors (Lipinski definition) is 3. The first-order valence-corrected chi connectivity index (χ1v) is 9.57. The molecular formula is C23H19ClN4O. The van der Waals surface area contributed by atoms with E-state index in [1.54, 1.807) is 16.6 Å². The molecule has 4 aromatic rings. The summed E-state index contributed by atoms with van der Waals surface area (Å²) >= 11 is 5.94. The molecule has 0 radical (unpaired) electrons. The summed E-state index contributed by atoms with van der Waals surface area (Å²) in [6, 6.07) is 26.8. The third-order valence-corrected chi connectivity index (χ3v) is 4.76. The van der Waals surface area contributed by atoms with Crippen molar-refractivity contribution in [3.05, 3.63) is 101 Å². The Kier molecular flexibility index (Phi) is 5.40. The molecule has 5 nitrogen and oxygen atoms in total. The zero-order valence-electron chi connectivity index (χ0n) is 15.9. The number of halogens is 1. The summed E-state index contributed by atoms with van der Waals surface area (Å²) < 4.78 is 1.71. The normalized spacial score (nSPS) is 10.7. The van der Waals surface area contributed by atoms with Crippen molar-refractivity contribution in [1.82, 2.24) is 19.7 Å². The molecule has 1 aromatic heterocycles. The van der Waals surface area contributed by atoms with Crippen molar-refractivity contribution >= 4 is 17.5 Å². The lowest BCUT2D eigenvalue weighted by molar-refractivity contribution is 0.0773. The molecule has 144 valence electrons. The SMILES string of the molecule is CN(Cc1ccc(Cl)cc1)C(=O)c1nc(-c2ccccc2)n(-c2ccccc2)n1. The van der Waals surface area contributed by atoms with Crippen LogP contribution in [0.1, 0.15) is 16.2 Å². The van der Waals surface area contributed by atoms with Gasteiger partial charge in [0.1, 0.15) is 0 Å². The van der Waals surface area contributed by atoms with E-state index < -0.39 is 0 Å². The summed E-state index contributed by atoms with van der Waals surface area (Å²) in [6.07, 6.45) is 0. The highest BCUT2D eigenvalue weighted by Crippen LogP contribution is 2.21. The van der Waals surface area contributed by atoms with E-state index >= 15 is 0 Å². The molecule has 0 fully saturated rings. The van der Waals surface area contributed by atoms with Crippen LogP contribution in [0.5, 0.6) is 0 Å². The van der Waals surface area contributed by atoms with Crippen molar-refractivity contribution in [2.75, 3.05) is 7.05 Å². The van der Waals surface area contributed by atoms with Crippen LogP contribution in [-0.2, 0) is 6.54 Å². The number of aromatic nitrogens is 3. The molecule has 0 saturated heterocycles. The lowest BCUT2D eigenvalue weighted by atomic mass is 10.2. The molecule has 0 N–H and O–H groups in total. The first kappa shape index (κ1) is 18.9. The Morgan fingerprint density at radius 1 is 0.931 bits per heavy atom. The van der Waals surface area contributed by atoms with Crippen molar-refractivity contribution in [2.45, 2.75) is 6.54 Å². The van der Waals surface area contributed by atoms with Gasteiger partial charge in [-0.05, 0) is 29.8 Å². The highest BCUT2D eigenvalue weighted by molar-refractivity contribution is 6.30. The van der Waals surface area contributed by atoms with Gasteiger partial charge in [0.2, 0.25) is 5.82 Å². The van der Waals surface area contributed by atoms with Crippen molar-refractivity contribution in [3.63, 3.8) is 0 Å². The smallest absolute Gasteiger partial charge is 0.293 e. The zero-order valence-corrected chi connectivity index (χ0v) is 16.6. The highest BCUT2D eigenvalue weighted by Gasteiger charge is 2.21. The Hall–Kier alpha value is -3.44. The van der Waals surface area contributed by atoms with Gasteiger partial charge in [0.15, 0.2) is 5.82 Å². The fourth-order valence-electron chi connectivity index (χ4n) is 3.03. The van der Waals surface area contributed by atoms with E-state index in [9.17, 15) is 4.79 Å². The molecule has 4 rings (SSSR count). The van der Waals surface area contributed by atoms with Crippen molar-refractivity contribution in [2.24, 2.45) is 0 Å². The lowest BCUT2D eigenvalue weighted by Gasteiger charge is -2.15. The van der Waals surface area contributed by atoms with Crippen molar-refractivity contribution < 1.29 is 4.79 Å². The van der Waals surface area contributed by atoms with Gasteiger partial charge < -0.3 is 4.90 Å². The summed E-state index contributed by atoms with van der Waals surface area (Å²) in [7, 11) is 1.74. The molecule has 1 amide bonds. The van der Waals surface area contributed by atoms with E-state index in [-0.39, 0.29) is 11.7 Å². The Balaban J connectivity index is 1.67. The van der Waals surface area contributed by atoms with Crippen LogP contribution in [0.3, 0.4) is 0 Å². The summed E-state index contributed by atoms with van der Waals surface area (Å²) in [5, 5.41) is 5.19. The molecule has 29 heavy (non-hydrogen) atoms. The van der Waals surface area contributed by atoms with E-state index in [2.05, 4.69) is 10.1 Å². The van der Waals surface area contributed by atoms with E-state index in [1.165, 1.54) is 0 Å². The average Bonchev–Trinajstić information content (AvgIpc) is 3.21. The summed E-state index contributed by atoms with van der Waals surface area (Å²) in [4.78, 5) is 19.2. The summed E-state index contributed by atoms with van der Waals surface area (Å²) in [5.74, 6) is 0.538. The molecule has 0 unspecified atom stereocenters. The maximum Gasteiger partial charge on any atom is 0.293 e. The molecule has 1 heterocycles. The van der Waals surface area contributed by atoms with Gasteiger partial charge in [0, 0.05) is 24.2 Å². The Morgan fingerprint density at radius 2 is 1.55 bits per heavy atom. The van der Waals surface area contributed by atoms with Gasteiger partial charge in [-0.1, -0.05) is 72.3 Å². The first-order chi connectivity index (χ1) is 14.1.